The standard InChI is InChI=1S/C18H32N4O4/c1-15(2)9-19-11-18(6,26-8)14(24)22-16(3,4)10-20-12-17(5,25-7)13(23)21-15/h11-12H,9-10H2,1-8H3,(H,21,23)(H,22,24). The second kappa shape index (κ2) is 7.84. The molecule has 0 radical (unpaired) electrons. The van der Waals surface area contributed by atoms with E-state index in [0.717, 1.165) is 0 Å². The molecular weight excluding hydrogens is 336 g/mol. The number of nitrogens with one attached hydrogen (secondary N) is 2. The van der Waals surface area contributed by atoms with E-state index in [2.05, 4.69) is 20.6 Å². The maximum Gasteiger partial charge on any atom is 0.258 e. The zero-order chi connectivity index (χ0) is 20.2. The molecule has 8 nitrogen and oxygen atoms in total. The molecule has 148 valence electrons. The van der Waals surface area contributed by atoms with Gasteiger partial charge in [0.2, 0.25) is 0 Å². The highest BCUT2D eigenvalue weighted by molar-refractivity contribution is 6.02. The predicted octanol–water partition coefficient (Wildman–Crippen LogP) is 0.741. The van der Waals surface area contributed by atoms with Gasteiger partial charge in [-0.15, -0.1) is 0 Å². The Hall–Kier alpha value is -1.80. The van der Waals surface area contributed by atoms with Crippen molar-refractivity contribution in [3.8, 4) is 0 Å². The Labute approximate surface area is 155 Å². The Bertz CT molecular complexity index is 548. The van der Waals surface area contributed by atoms with E-state index in [4.69, 9.17) is 9.47 Å². The molecule has 1 rings (SSSR count). The van der Waals surface area contributed by atoms with Gasteiger partial charge in [0.1, 0.15) is 0 Å². The quantitative estimate of drug-likeness (QED) is 0.751. The maximum atomic E-state index is 12.7. The minimum absolute atomic E-state index is 0.269. The largest absolute Gasteiger partial charge is 0.363 e. The fraction of sp³-hybridized carbons (Fsp3) is 0.778. The highest BCUT2D eigenvalue weighted by Gasteiger charge is 2.38. The molecule has 26 heavy (non-hydrogen) atoms. The highest BCUT2D eigenvalue weighted by Crippen LogP contribution is 2.15. The van der Waals surface area contributed by atoms with Gasteiger partial charge in [0.15, 0.2) is 11.2 Å². The zero-order valence-electron chi connectivity index (χ0n) is 17.1. The maximum absolute atomic E-state index is 12.7. The number of hydrogen-bond donors (Lipinski definition) is 2. The molecule has 0 aromatic heterocycles. The lowest BCUT2D eigenvalue weighted by atomic mass is 9.99. The minimum atomic E-state index is -1.22. The molecule has 0 aromatic rings. The van der Waals surface area contributed by atoms with E-state index in [-0.39, 0.29) is 24.9 Å². The van der Waals surface area contributed by atoms with Gasteiger partial charge in [0.05, 0.1) is 24.2 Å². The van der Waals surface area contributed by atoms with Gasteiger partial charge in [-0.3, -0.25) is 19.6 Å². The summed E-state index contributed by atoms with van der Waals surface area (Å²) in [5.41, 5.74) is -3.72. The number of aliphatic imine (C=N–C) groups is 2. The van der Waals surface area contributed by atoms with Crippen LogP contribution < -0.4 is 10.6 Å². The first-order chi connectivity index (χ1) is 11.8. The lowest BCUT2D eigenvalue weighted by Crippen LogP contribution is -2.57. The van der Waals surface area contributed by atoms with Crippen molar-refractivity contribution in [1.29, 1.82) is 0 Å². The fourth-order valence-corrected chi connectivity index (χ4v) is 2.25. The van der Waals surface area contributed by atoms with Gasteiger partial charge < -0.3 is 20.1 Å². The lowest BCUT2D eigenvalue weighted by Gasteiger charge is -2.33. The number of rotatable bonds is 2. The smallest absolute Gasteiger partial charge is 0.258 e. The third-order valence-corrected chi connectivity index (χ3v) is 4.30. The van der Waals surface area contributed by atoms with Crippen molar-refractivity contribution in [2.75, 3.05) is 27.3 Å². The average Bonchev–Trinajstić information content (AvgIpc) is 2.52. The van der Waals surface area contributed by atoms with Crippen molar-refractivity contribution >= 4 is 24.2 Å². The van der Waals surface area contributed by atoms with Crippen molar-refractivity contribution < 1.29 is 19.1 Å². The molecule has 0 saturated heterocycles. The van der Waals surface area contributed by atoms with Crippen LogP contribution in [0.25, 0.3) is 0 Å². The number of hydrogen-bond acceptors (Lipinski definition) is 6. The lowest BCUT2D eigenvalue weighted by molar-refractivity contribution is -0.137. The molecule has 0 aromatic carbocycles. The molecule has 0 aliphatic carbocycles. The molecule has 0 bridgehead atoms. The summed E-state index contributed by atoms with van der Waals surface area (Å²) in [5, 5.41) is 5.84. The summed E-state index contributed by atoms with van der Waals surface area (Å²) in [6.07, 6.45) is 2.94. The molecule has 1 heterocycles. The summed E-state index contributed by atoms with van der Waals surface area (Å²) in [6, 6.07) is 0. The zero-order valence-corrected chi connectivity index (χ0v) is 17.1. The van der Waals surface area contributed by atoms with Crippen molar-refractivity contribution in [2.24, 2.45) is 9.98 Å². The highest BCUT2D eigenvalue weighted by atomic mass is 16.5. The molecule has 2 N–H and O–H groups in total. The third kappa shape index (κ3) is 5.60. The molecule has 1 aliphatic heterocycles. The van der Waals surface area contributed by atoms with Crippen molar-refractivity contribution in [3.63, 3.8) is 0 Å². The Morgan fingerprint density at radius 1 is 0.769 bits per heavy atom. The average molecular weight is 368 g/mol. The molecule has 0 spiro atoms. The predicted molar refractivity (Wildman–Crippen MR) is 102 cm³/mol. The van der Waals surface area contributed by atoms with Gasteiger partial charge in [0, 0.05) is 26.6 Å². The SMILES string of the molecule is COC1(C)C=NCC(C)(C)NC(=O)C(C)(OC)C=NCC(C)(C)NC1=O. The Balaban J connectivity index is 3.27. The summed E-state index contributed by atoms with van der Waals surface area (Å²) in [6.45, 7) is 11.2. The van der Waals surface area contributed by atoms with Crippen molar-refractivity contribution in [3.05, 3.63) is 0 Å². The van der Waals surface area contributed by atoms with Crippen LogP contribution in [0.5, 0.6) is 0 Å². The van der Waals surface area contributed by atoms with Crippen molar-refractivity contribution in [2.45, 2.75) is 63.8 Å². The number of ether oxygens (including phenoxy) is 2. The van der Waals surface area contributed by atoms with Crippen LogP contribution in [0.15, 0.2) is 9.98 Å². The van der Waals surface area contributed by atoms with Crippen LogP contribution in [0.3, 0.4) is 0 Å². The van der Waals surface area contributed by atoms with E-state index in [9.17, 15) is 9.59 Å². The second-order valence-corrected chi connectivity index (χ2v) is 8.24. The molecule has 8 heteroatoms. The van der Waals surface area contributed by atoms with E-state index >= 15 is 0 Å². The third-order valence-electron chi connectivity index (χ3n) is 4.30. The van der Waals surface area contributed by atoms with Gasteiger partial charge >= 0.3 is 0 Å². The summed E-state index contributed by atoms with van der Waals surface area (Å²) in [5.74, 6) is -0.616. The summed E-state index contributed by atoms with van der Waals surface area (Å²) >= 11 is 0. The molecular formula is C18H32N4O4. The number of amides is 2. The fourth-order valence-electron chi connectivity index (χ4n) is 2.25. The molecule has 2 atom stereocenters. The van der Waals surface area contributed by atoms with E-state index in [0.29, 0.717) is 0 Å². The summed E-state index contributed by atoms with van der Waals surface area (Å²) in [4.78, 5) is 34.0. The monoisotopic (exact) mass is 368 g/mol. The minimum Gasteiger partial charge on any atom is -0.363 e. The topological polar surface area (TPSA) is 101 Å². The van der Waals surface area contributed by atoms with Crippen LogP contribution >= 0.6 is 0 Å². The van der Waals surface area contributed by atoms with Gasteiger partial charge in [-0.2, -0.15) is 0 Å². The Kier molecular flexibility index (Phi) is 6.70. The van der Waals surface area contributed by atoms with Crippen LogP contribution in [0.2, 0.25) is 0 Å². The van der Waals surface area contributed by atoms with Crippen LogP contribution in [0.4, 0.5) is 0 Å². The van der Waals surface area contributed by atoms with E-state index in [1.807, 2.05) is 27.7 Å². The van der Waals surface area contributed by atoms with Crippen LogP contribution in [-0.4, -0.2) is 73.8 Å². The van der Waals surface area contributed by atoms with Crippen molar-refractivity contribution in [1.82, 2.24) is 10.6 Å². The number of carbonyl (C=O) groups excluding carboxylic acids is 2. The van der Waals surface area contributed by atoms with Gasteiger partial charge in [0.25, 0.3) is 11.8 Å². The van der Waals surface area contributed by atoms with Crippen LogP contribution in [0.1, 0.15) is 41.5 Å². The van der Waals surface area contributed by atoms with E-state index in [1.165, 1.54) is 26.6 Å². The first-order valence-electron chi connectivity index (χ1n) is 8.57. The molecule has 1 aliphatic rings. The van der Waals surface area contributed by atoms with Gasteiger partial charge in [-0.1, -0.05) is 0 Å². The van der Waals surface area contributed by atoms with Gasteiger partial charge in [-0.25, -0.2) is 0 Å². The summed E-state index contributed by atoms with van der Waals surface area (Å²) in [7, 11) is 2.91. The summed E-state index contributed by atoms with van der Waals surface area (Å²) < 4.78 is 10.8. The first-order valence-corrected chi connectivity index (χ1v) is 8.57. The van der Waals surface area contributed by atoms with Crippen LogP contribution in [-0.2, 0) is 19.1 Å². The molecule has 2 unspecified atom stereocenters. The molecule has 0 saturated carbocycles. The van der Waals surface area contributed by atoms with E-state index in [1.54, 1.807) is 13.8 Å². The number of methoxy groups -OCH3 is 2. The molecule has 2 amide bonds. The number of nitrogens with zero attached hydrogens (tertiary/aromatic N) is 2. The van der Waals surface area contributed by atoms with E-state index < -0.39 is 22.3 Å². The first kappa shape index (κ1) is 22.2. The number of carbonyl (C=O) groups is 2. The normalized spacial score (nSPS) is 32.5. The molecule has 0 fully saturated rings. The van der Waals surface area contributed by atoms with Gasteiger partial charge in [-0.05, 0) is 41.5 Å². The Morgan fingerprint density at radius 2 is 1.08 bits per heavy atom. The second-order valence-electron chi connectivity index (χ2n) is 8.24. The Morgan fingerprint density at radius 3 is 1.35 bits per heavy atom. The van der Waals surface area contributed by atoms with Crippen LogP contribution in [0, 0.1) is 0 Å².